The van der Waals surface area contributed by atoms with Gasteiger partial charge in [0.15, 0.2) is 0 Å². The number of carbonyl (C=O) groups is 1. The topological polar surface area (TPSA) is 139 Å². The van der Waals surface area contributed by atoms with Crippen molar-refractivity contribution < 1.29 is 14.3 Å². The van der Waals surface area contributed by atoms with Crippen LogP contribution in [0.1, 0.15) is 72.1 Å². The maximum absolute atomic E-state index is 12.4. The molecule has 214 valence electrons. The van der Waals surface area contributed by atoms with Crippen LogP contribution < -0.4 is 11.2 Å². The van der Waals surface area contributed by atoms with E-state index in [-0.39, 0.29) is 18.4 Å². The molecule has 0 radical (unpaired) electrons. The first-order valence-corrected chi connectivity index (χ1v) is 13.5. The quantitative estimate of drug-likeness (QED) is 0.102. The first-order chi connectivity index (χ1) is 18.9. The lowest BCUT2D eigenvalue weighted by Crippen LogP contribution is -2.33. The molecule has 1 aliphatic heterocycles. The Kier molecular flexibility index (Phi) is 10.3. The van der Waals surface area contributed by atoms with Crippen molar-refractivity contribution in [2.75, 3.05) is 6.61 Å². The Bertz CT molecular complexity index is 1430. The number of H-pyrrole nitrogens is 1. The predicted molar refractivity (Wildman–Crippen MR) is 155 cm³/mol. The highest BCUT2D eigenvalue weighted by Crippen LogP contribution is 2.40. The number of hydrogen-bond donors (Lipinski definition) is 1. The van der Waals surface area contributed by atoms with Gasteiger partial charge in [0.05, 0.1) is 6.04 Å². The Morgan fingerprint density at radius 3 is 2.73 bits per heavy atom. The number of nitrogens with one attached hydrogen (secondary N) is 1. The average Bonchev–Trinajstić information content (AvgIpc) is 3.27. The molecule has 2 aliphatic rings. The second-order valence-corrected chi connectivity index (χ2v) is 11.2. The summed E-state index contributed by atoms with van der Waals surface area (Å²) in [5.74, 6) is -0.562. The molecule has 1 fully saturated rings. The van der Waals surface area contributed by atoms with Crippen LogP contribution in [0.25, 0.3) is 10.4 Å². The van der Waals surface area contributed by atoms with E-state index < -0.39 is 35.6 Å². The van der Waals surface area contributed by atoms with Gasteiger partial charge in [-0.1, -0.05) is 60.5 Å². The van der Waals surface area contributed by atoms with E-state index in [0.29, 0.717) is 11.1 Å². The van der Waals surface area contributed by atoms with E-state index >= 15 is 0 Å². The summed E-state index contributed by atoms with van der Waals surface area (Å²) in [4.78, 5) is 41.4. The van der Waals surface area contributed by atoms with Gasteiger partial charge in [-0.3, -0.25) is 14.3 Å². The third-order valence-corrected chi connectivity index (χ3v) is 7.37. The molecule has 1 N–H and O–H groups in total. The van der Waals surface area contributed by atoms with E-state index in [1.54, 1.807) is 13.8 Å². The van der Waals surface area contributed by atoms with Crippen molar-refractivity contribution >= 4 is 5.97 Å². The minimum absolute atomic E-state index is 0.154. The highest BCUT2D eigenvalue weighted by atomic mass is 16.6. The number of nitrogens with zero attached hydrogens (tertiary/aromatic N) is 4. The monoisotopic (exact) mass is 549 g/mol. The number of aromatic nitrogens is 2. The Morgan fingerprint density at radius 1 is 1.27 bits per heavy atom. The summed E-state index contributed by atoms with van der Waals surface area (Å²) in [6.07, 6.45) is 15.1. The van der Waals surface area contributed by atoms with Crippen molar-refractivity contribution in [1.82, 2.24) is 9.55 Å². The van der Waals surface area contributed by atoms with E-state index in [1.165, 1.54) is 40.8 Å². The molecular weight excluding hydrogens is 510 g/mol. The van der Waals surface area contributed by atoms with Gasteiger partial charge in [-0.25, -0.2) is 9.59 Å². The van der Waals surface area contributed by atoms with E-state index in [2.05, 4.69) is 47.9 Å². The van der Waals surface area contributed by atoms with Gasteiger partial charge in [-0.15, -0.1) is 0 Å². The molecule has 40 heavy (non-hydrogen) atoms. The fourth-order valence-corrected chi connectivity index (χ4v) is 5.10. The molecule has 1 aromatic rings. The van der Waals surface area contributed by atoms with E-state index in [1.807, 2.05) is 25.2 Å². The lowest BCUT2D eigenvalue weighted by Gasteiger charge is -2.32. The minimum atomic E-state index is -0.768. The first-order valence-electron chi connectivity index (χ1n) is 13.5. The Labute approximate surface area is 234 Å². The maximum Gasteiger partial charge on any atom is 0.331 e. The van der Waals surface area contributed by atoms with E-state index in [4.69, 9.17) is 15.0 Å². The number of allylic oxidation sites excluding steroid dienone is 9. The Hall–Kier alpha value is -3.88. The van der Waals surface area contributed by atoms with Crippen LogP contribution in [0.2, 0.25) is 0 Å². The lowest BCUT2D eigenvalue weighted by atomic mass is 9.72. The zero-order valence-electron chi connectivity index (χ0n) is 24.1. The van der Waals surface area contributed by atoms with Gasteiger partial charge in [0.25, 0.3) is 5.56 Å². The van der Waals surface area contributed by atoms with Gasteiger partial charge in [0.2, 0.25) is 0 Å². The number of rotatable bonds is 9. The smallest absolute Gasteiger partial charge is 0.331 e. The van der Waals surface area contributed by atoms with Gasteiger partial charge in [0, 0.05) is 29.2 Å². The summed E-state index contributed by atoms with van der Waals surface area (Å²) < 4.78 is 12.5. The highest BCUT2D eigenvalue weighted by molar-refractivity contribution is 5.83. The van der Waals surface area contributed by atoms with Crippen molar-refractivity contribution in [1.29, 1.82) is 0 Å². The average molecular weight is 550 g/mol. The molecule has 0 saturated carbocycles. The molecule has 0 unspecified atom stereocenters. The molecule has 1 aliphatic carbocycles. The van der Waals surface area contributed by atoms with Gasteiger partial charge in [-0.05, 0) is 69.0 Å². The molecule has 1 saturated heterocycles. The Morgan fingerprint density at radius 2 is 2.02 bits per heavy atom. The number of aromatic amines is 1. The third kappa shape index (κ3) is 8.07. The molecule has 10 heteroatoms. The summed E-state index contributed by atoms with van der Waals surface area (Å²) in [5, 5.41) is 3.74. The van der Waals surface area contributed by atoms with Gasteiger partial charge in [-0.2, -0.15) is 0 Å². The van der Waals surface area contributed by atoms with E-state index in [9.17, 15) is 14.4 Å². The fourth-order valence-electron chi connectivity index (χ4n) is 5.10. The van der Waals surface area contributed by atoms with Crippen LogP contribution in [-0.2, 0) is 14.3 Å². The van der Waals surface area contributed by atoms with Crippen LogP contribution in [0, 0.1) is 12.3 Å². The second-order valence-electron chi connectivity index (χ2n) is 11.2. The number of hydrogen-bond acceptors (Lipinski definition) is 6. The fraction of sp³-hybridized carbons (Fsp3) is 0.500. The maximum atomic E-state index is 12.4. The molecule has 0 aromatic carbocycles. The molecule has 2 heterocycles. The third-order valence-electron chi connectivity index (χ3n) is 7.37. The number of azide groups is 1. The number of carbonyl (C=O) groups excluding carboxylic acids is 1. The van der Waals surface area contributed by atoms with Crippen LogP contribution in [0.5, 0.6) is 0 Å². The van der Waals surface area contributed by atoms with Crippen LogP contribution in [-0.4, -0.2) is 34.3 Å². The number of ether oxygens (including phenoxy) is 2. The van der Waals surface area contributed by atoms with Crippen molar-refractivity contribution in [3.63, 3.8) is 0 Å². The van der Waals surface area contributed by atoms with Crippen molar-refractivity contribution in [2.45, 2.75) is 85.6 Å². The van der Waals surface area contributed by atoms with Gasteiger partial charge in [0.1, 0.15) is 18.9 Å². The summed E-state index contributed by atoms with van der Waals surface area (Å²) >= 11 is 0. The minimum Gasteiger partial charge on any atom is -0.460 e. The summed E-state index contributed by atoms with van der Waals surface area (Å²) in [6, 6.07) is -0.646. The first kappa shape index (κ1) is 30.7. The molecule has 0 spiro atoms. The van der Waals surface area contributed by atoms with Crippen LogP contribution >= 0.6 is 0 Å². The standard InChI is InChI=1S/C30H39N5O5/c1-19(12-13-23-21(3)11-8-14-30(23,5)6)9-7-10-20(2)15-27(36)39-18-25-24(33-34-31)16-26(40-25)35-17-22(4)28(37)32-29(35)38/h7,9-10,12-13,15,17,24-26H,8,11,14,16,18H2,1-6H3,(H,32,37,38)/b10-7+,13-12+,19-9+,20-15+/t24-,25+,26+/m0/s1. The van der Waals surface area contributed by atoms with Crippen LogP contribution in [0.3, 0.4) is 0 Å². The highest BCUT2D eigenvalue weighted by Gasteiger charge is 2.37. The van der Waals surface area contributed by atoms with Crippen molar-refractivity contribution in [3.8, 4) is 0 Å². The molecule has 0 bridgehead atoms. The van der Waals surface area contributed by atoms with Crippen molar-refractivity contribution in [2.24, 2.45) is 10.5 Å². The summed E-state index contributed by atoms with van der Waals surface area (Å²) in [6.45, 7) is 12.1. The molecule has 3 atom stereocenters. The van der Waals surface area contributed by atoms with E-state index in [0.717, 1.165) is 12.0 Å². The largest absolute Gasteiger partial charge is 0.460 e. The number of aryl methyl sites for hydroxylation is 1. The Balaban J connectivity index is 1.58. The normalized spacial score (nSPS) is 23.6. The van der Waals surface area contributed by atoms with Crippen LogP contribution in [0.15, 0.2) is 79.6 Å². The zero-order valence-corrected chi connectivity index (χ0v) is 24.1. The summed E-state index contributed by atoms with van der Waals surface area (Å²) in [7, 11) is 0. The zero-order chi connectivity index (χ0) is 29.4. The number of esters is 1. The molecule has 3 rings (SSSR count). The predicted octanol–water partition coefficient (Wildman–Crippen LogP) is 5.89. The lowest BCUT2D eigenvalue weighted by molar-refractivity contribution is -0.142. The molecular formula is C30H39N5O5. The summed E-state index contributed by atoms with van der Waals surface area (Å²) in [5.41, 5.74) is 13.0. The SMILES string of the molecule is CC1=C(/C=C/C(C)=C/C=C/C(C)=C/C(=O)OC[C@H]2O[C@@H](n3cc(C)c(=O)[nH]c3=O)C[C@@H]2N=[N+]=[N-])C(C)(C)CCC1. The second kappa shape index (κ2) is 13.5. The molecule has 1 aromatic heterocycles. The van der Waals surface area contributed by atoms with Crippen LogP contribution in [0.4, 0.5) is 0 Å². The van der Waals surface area contributed by atoms with Gasteiger partial charge >= 0.3 is 11.7 Å². The van der Waals surface area contributed by atoms with Crippen molar-refractivity contribution in [3.05, 3.63) is 102 Å². The molecule has 0 amide bonds. The molecule has 10 nitrogen and oxygen atoms in total. The van der Waals surface area contributed by atoms with Gasteiger partial charge < -0.3 is 9.47 Å².